The number of carbonyl (C=O) groups excluding carboxylic acids is 1. The Hall–Kier alpha value is -3.19. The highest BCUT2D eigenvalue weighted by molar-refractivity contribution is 5.83. The number of aryl methyl sites for hydroxylation is 1. The van der Waals surface area contributed by atoms with E-state index < -0.39 is 6.10 Å². The van der Waals surface area contributed by atoms with Crippen molar-refractivity contribution in [1.29, 1.82) is 0 Å². The third-order valence-corrected chi connectivity index (χ3v) is 7.27. The zero-order valence-corrected chi connectivity index (χ0v) is 20.8. The van der Waals surface area contributed by atoms with Gasteiger partial charge in [0.2, 0.25) is 5.91 Å². The minimum atomic E-state index is -0.498. The fourth-order valence-electron chi connectivity index (χ4n) is 5.14. The van der Waals surface area contributed by atoms with Gasteiger partial charge in [0.1, 0.15) is 18.4 Å². The molecule has 0 bridgehead atoms. The summed E-state index contributed by atoms with van der Waals surface area (Å²) in [7, 11) is 0. The van der Waals surface area contributed by atoms with Crippen molar-refractivity contribution in [2.45, 2.75) is 51.0 Å². The van der Waals surface area contributed by atoms with Gasteiger partial charge in [-0.25, -0.2) is 10.4 Å². The molecule has 3 aromatic carbocycles. The smallest absolute Gasteiger partial charge is 0.241 e. The normalized spacial score (nSPS) is 22.7. The van der Waals surface area contributed by atoms with Crippen molar-refractivity contribution in [2.75, 3.05) is 19.6 Å². The monoisotopic (exact) mass is 485 g/mol. The molecule has 188 valence electrons. The molecule has 2 fully saturated rings. The van der Waals surface area contributed by atoms with E-state index in [4.69, 9.17) is 4.74 Å². The Labute approximate surface area is 213 Å². The molecule has 0 spiro atoms. The summed E-state index contributed by atoms with van der Waals surface area (Å²) in [4.78, 5) is 14.9. The molecule has 0 aliphatic carbocycles. The predicted octanol–water partition coefficient (Wildman–Crippen LogP) is 4.03. The van der Waals surface area contributed by atoms with E-state index in [9.17, 15) is 9.90 Å². The number of β-amino-alcohol motifs (C(OH)–C–C–N with tert-alkyl or cyclic N) is 1. The molecule has 2 N–H and O–H groups in total. The quantitative estimate of drug-likeness (QED) is 0.504. The van der Waals surface area contributed by atoms with Crippen LogP contribution in [0.5, 0.6) is 5.75 Å². The Morgan fingerprint density at radius 3 is 2.39 bits per heavy atom. The molecule has 2 aliphatic rings. The summed E-state index contributed by atoms with van der Waals surface area (Å²) in [6.07, 6.45) is 1.11. The van der Waals surface area contributed by atoms with Crippen LogP contribution in [0.15, 0.2) is 78.9 Å². The first-order chi connectivity index (χ1) is 17.5. The van der Waals surface area contributed by atoms with Crippen LogP contribution in [-0.4, -0.2) is 52.7 Å². The van der Waals surface area contributed by atoms with Crippen LogP contribution in [0.4, 0.5) is 0 Å². The van der Waals surface area contributed by atoms with Gasteiger partial charge in [-0.05, 0) is 48.6 Å². The van der Waals surface area contributed by atoms with Crippen molar-refractivity contribution in [2.24, 2.45) is 0 Å². The third-order valence-electron chi connectivity index (χ3n) is 7.27. The molecule has 0 radical (unpaired) electrons. The zero-order valence-electron chi connectivity index (χ0n) is 20.8. The number of likely N-dealkylation sites (tertiary alicyclic amines) is 1. The SMILES string of the molecule is Cc1ccc(CN2CCC(NN3CC[C@H](c4ccc(OCc5ccccc5)cc4)[C@@H](O)C3)C2=O)cc1. The Morgan fingerprint density at radius 2 is 1.67 bits per heavy atom. The van der Waals surface area contributed by atoms with Gasteiger partial charge in [0, 0.05) is 32.1 Å². The number of piperidine rings is 1. The molecule has 3 aromatic rings. The highest BCUT2D eigenvalue weighted by Crippen LogP contribution is 2.30. The first-order valence-electron chi connectivity index (χ1n) is 12.9. The number of amides is 1. The molecular formula is C30H35N3O3. The van der Waals surface area contributed by atoms with Gasteiger partial charge in [-0.15, -0.1) is 0 Å². The van der Waals surface area contributed by atoms with E-state index in [-0.39, 0.29) is 17.9 Å². The second-order valence-corrected chi connectivity index (χ2v) is 9.97. The van der Waals surface area contributed by atoms with Crippen LogP contribution >= 0.6 is 0 Å². The van der Waals surface area contributed by atoms with Crippen LogP contribution in [0.25, 0.3) is 0 Å². The number of hydrogen-bond acceptors (Lipinski definition) is 5. The average molecular weight is 486 g/mol. The van der Waals surface area contributed by atoms with Gasteiger partial charge < -0.3 is 14.7 Å². The average Bonchev–Trinajstić information content (AvgIpc) is 3.24. The van der Waals surface area contributed by atoms with Crippen molar-refractivity contribution in [1.82, 2.24) is 15.3 Å². The maximum atomic E-state index is 13.0. The Balaban J connectivity index is 1.10. The van der Waals surface area contributed by atoms with Gasteiger partial charge in [-0.3, -0.25) is 4.79 Å². The minimum absolute atomic E-state index is 0.0727. The van der Waals surface area contributed by atoms with Gasteiger partial charge in [0.05, 0.1) is 6.10 Å². The van der Waals surface area contributed by atoms with Crippen molar-refractivity contribution < 1.29 is 14.6 Å². The number of aliphatic hydroxyl groups is 1. The van der Waals surface area contributed by atoms with Crippen molar-refractivity contribution >= 4 is 5.91 Å². The number of hydrazine groups is 1. The topological polar surface area (TPSA) is 65.0 Å². The van der Waals surface area contributed by atoms with Crippen LogP contribution < -0.4 is 10.2 Å². The first-order valence-corrected chi connectivity index (χ1v) is 12.9. The van der Waals surface area contributed by atoms with Crippen molar-refractivity contribution in [3.8, 4) is 5.75 Å². The lowest BCUT2D eigenvalue weighted by Gasteiger charge is -2.37. The maximum absolute atomic E-state index is 13.0. The summed E-state index contributed by atoms with van der Waals surface area (Å²) in [5.41, 5.74) is 8.03. The summed E-state index contributed by atoms with van der Waals surface area (Å²) in [5.74, 6) is 1.04. The zero-order chi connectivity index (χ0) is 24.9. The Bertz CT molecular complexity index is 1130. The maximum Gasteiger partial charge on any atom is 0.241 e. The van der Waals surface area contributed by atoms with Gasteiger partial charge in [-0.1, -0.05) is 72.3 Å². The van der Waals surface area contributed by atoms with E-state index in [0.29, 0.717) is 19.7 Å². The van der Waals surface area contributed by atoms with Crippen LogP contribution in [-0.2, 0) is 17.9 Å². The highest BCUT2D eigenvalue weighted by atomic mass is 16.5. The summed E-state index contributed by atoms with van der Waals surface area (Å²) >= 11 is 0. The lowest BCUT2D eigenvalue weighted by molar-refractivity contribution is -0.131. The number of ether oxygens (including phenoxy) is 1. The van der Waals surface area contributed by atoms with Gasteiger partial charge in [-0.2, -0.15) is 0 Å². The molecule has 1 unspecified atom stereocenters. The van der Waals surface area contributed by atoms with Crippen molar-refractivity contribution in [3.63, 3.8) is 0 Å². The molecule has 6 nitrogen and oxygen atoms in total. The molecule has 0 saturated carbocycles. The van der Waals surface area contributed by atoms with E-state index in [1.54, 1.807) is 0 Å². The third kappa shape index (κ3) is 5.95. The standard InChI is InChI=1S/C30H35N3O3/c1-22-7-9-23(10-8-22)19-32-17-16-28(30(32)35)31-33-18-15-27(29(34)20-33)25-11-13-26(14-12-25)36-21-24-5-3-2-4-6-24/h2-14,27-29,31,34H,15-21H2,1H3/t27-,28?,29+/m1/s1. The van der Waals surface area contributed by atoms with Gasteiger partial charge in [0.15, 0.2) is 0 Å². The number of nitrogens with one attached hydrogen (secondary N) is 1. The number of benzene rings is 3. The second kappa shape index (κ2) is 11.2. The van der Waals surface area contributed by atoms with E-state index >= 15 is 0 Å². The lowest BCUT2D eigenvalue weighted by Crippen LogP contribution is -2.54. The van der Waals surface area contributed by atoms with Crippen LogP contribution in [0.1, 0.15) is 41.0 Å². The molecule has 2 aliphatic heterocycles. The van der Waals surface area contributed by atoms with E-state index in [1.807, 2.05) is 52.4 Å². The second-order valence-electron chi connectivity index (χ2n) is 9.97. The molecule has 2 heterocycles. The van der Waals surface area contributed by atoms with Crippen molar-refractivity contribution in [3.05, 3.63) is 101 Å². The van der Waals surface area contributed by atoms with Gasteiger partial charge >= 0.3 is 0 Å². The summed E-state index contributed by atoms with van der Waals surface area (Å²) < 4.78 is 5.90. The molecular weight excluding hydrogens is 450 g/mol. The minimum Gasteiger partial charge on any atom is -0.489 e. The number of carbonyl (C=O) groups is 1. The van der Waals surface area contributed by atoms with Crippen LogP contribution in [0, 0.1) is 6.92 Å². The summed E-state index contributed by atoms with van der Waals surface area (Å²) in [6.45, 7) is 5.29. The lowest BCUT2D eigenvalue weighted by atomic mass is 9.87. The molecule has 3 atom stereocenters. The molecule has 0 aromatic heterocycles. The van der Waals surface area contributed by atoms with Crippen LogP contribution in [0.3, 0.4) is 0 Å². The fourth-order valence-corrected chi connectivity index (χ4v) is 5.14. The first kappa shape index (κ1) is 24.5. The number of aliphatic hydroxyl groups excluding tert-OH is 1. The van der Waals surface area contributed by atoms with Crippen LogP contribution in [0.2, 0.25) is 0 Å². The Kier molecular flexibility index (Phi) is 7.66. The molecule has 2 saturated heterocycles. The Morgan fingerprint density at radius 1 is 0.917 bits per heavy atom. The summed E-state index contributed by atoms with van der Waals surface area (Å²) in [6, 6.07) is 26.3. The molecule has 36 heavy (non-hydrogen) atoms. The highest BCUT2D eigenvalue weighted by Gasteiger charge is 2.35. The fraction of sp³-hybridized carbons (Fsp3) is 0.367. The van der Waals surface area contributed by atoms with E-state index in [0.717, 1.165) is 48.4 Å². The van der Waals surface area contributed by atoms with E-state index in [2.05, 4.69) is 48.7 Å². The van der Waals surface area contributed by atoms with Gasteiger partial charge in [0.25, 0.3) is 0 Å². The number of nitrogens with zero attached hydrogens (tertiary/aromatic N) is 2. The summed E-state index contributed by atoms with van der Waals surface area (Å²) in [5, 5.41) is 12.9. The molecule has 6 heteroatoms. The largest absolute Gasteiger partial charge is 0.489 e. The molecule has 5 rings (SSSR count). The molecule has 1 amide bonds. The number of hydrogen-bond donors (Lipinski definition) is 2. The predicted molar refractivity (Wildman–Crippen MR) is 140 cm³/mol. The number of rotatable bonds is 8. The van der Waals surface area contributed by atoms with E-state index in [1.165, 1.54) is 5.56 Å².